The SMILES string of the molecule is COc1cccc(-c2csc(NC(=O)c3ccc(N4C(=O)CCC4=O)cc3)n2)c1. The Morgan fingerprint density at radius 1 is 1.10 bits per heavy atom. The van der Waals surface area contributed by atoms with Gasteiger partial charge in [-0.15, -0.1) is 11.3 Å². The number of aromatic nitrogens is 1. The van der Waals surface area contributed by atoms with Gasteiger partial charge in [-0.3, -0.25) is 24.6 Å². The predicted octanol–water partition coefficient (Wildman–Crippen LogP) is 3.72. The number of ether oxygens (including phenoxy) is 1. The van der Waals surface area contributed by atoms with Gasteiger partial charge in [0.1, 0.15) is 5.75 Å². The second-order valence-electron chi connectivity index (χ2n) is 6.39. The summed E-state index contributed by atoms with van der Waals surface area (Å²) >= 11 is 1.32. The molecule has 29 heavy (non-hydrogen) atoms. The van der Waals surface area contributed by atoms with Gasteiger partial charge < -0.3 is 4.74 Å². The Bertz CT molecular complexity index is 1080. The van der Waals surface area contributed by atoms with E-state index in [1.807, 2.05) is 29.6 Å². The molecule has 1 aliphatic heterocycles. The van der Waals surface area contributed by atoms with Crippen molar-refractivity contribution in [2.24, 2.45) is 0 Å². The van der Waals surface area contributed by atoms with Crippen LogP contribution in [-0.4, -0.2) is 29.8 Å². The van der Waals surface area contributed by atoms with E-state index in [4.69, 9.17) is 4.74 Å². The number of anilines is 2. The average molecular weight is 407 g/mol. The minimum Gasteiger partial charge on any atom is -0.497 e. The van der Waals surface area contributed by atoms with E-state index in [-0.39, 0.29) is 30.6 Å². The third-order valence-electron chi connectivity index (χ3n) is 4.53. The first-order chi connectivity index (χ1) is 14.0. The third kappa shape index (κ3) is 3.88. The highest BCUT2D eigenvalue weighted by molar-refractivity contribution is 7.14. The van der Waals surface area contributed by atoms with E-state index >= 15 is 0 Å². The number of rotatable bonds is 5. The van der Waals surface area contributed by atoms with Crippen LogP contribution in [-0.2, 0) is 9.59 Å². The molecule has 1 saturated heterocycles. The minimum atomic E-state index is -0.317. The van der Waals surface area contributed by atoms with Crippen LogP contribution < -0.4 is 15.0 Å². The maximum absolute atomic E-state index is 12.5. The molecule has 0 unspecified atom stereocenters. The number of benzene rings is 2. The van der Waals surface area contributed by atoms with Crippen LogP contribution in [0.15, 0.2) is 53.9 Å². The summed E-state index contributed by atoms with van der Waals surface area (Å²) in [5.41, 5.74) is 2.52. The van der Waals surface area contributed by atoms with Crippen molar-refractivity contribution in [3.63, 3.8) is 0 Å². The average Bonchev–Trinajstić information content (AvgIpc) is 3.34. The van der Waals surface area contributed by atoms with Crippen LogP contribution in [0.3, 0.4) is 0 Å². The number of nitrogens with one attached hydrogen (secondary N) is 1. The van der Waals surface area contributed by atoms with E-state index in [2.05, 4.69) is 10.3 Å². The normalized spacial score (nSPS) is 13.6. The van der Waals surface area contributed by atoms with Gasteiger partial charge >= 0.3 is 0 Å². The molecule has 2 heterocycles. The maximum Gasteiger partial charge on any atom is 0.257 e. The van der Waals surface area contributed by atoms with E-state index in [0.29, 0.717) is 16.4 Å². The van der Waals surface area contributed by atoms with Crippen LogP contribution in [0.25, 0.3) is 11.3 Å². The molecule has 1 fully saturated rings. The molecular formula is C21H17N3O4S. The molecule has 0 spiro atoms. The van der Waals surface area contributed by atoms with Crippen LogP contribution in [0.4, 0.5) is 10.8 Å². The Kier molecular flexibility index (Phi) is 5.09. The number of nitrogens with zero attached hydrogens (tertiary/aromatic N) is 2. The van der Waals surface area contributed by atoms with Crippen molar-refractivity contribution < 1.29 is 19.1 Å². The summed E-state index contributed by atoms with van der Waals surface area (Å²) in [6.07, 6.45) is 0.446. The fourth-order valence-corrected chi connectivity index (χ4v) is 3.76. The van der Waals surface area contributed by atoms with Gasteiger partial charge in [-0.25, -0.2) is 4.98 Å². The van der Waals surface area contributed by atoms with Crippen molar-refractivity contribution in [3.8, 4) is 17.0 Å². The van der Waals surface area contributed by atoms with Crippen LogP contribution in [0, 0.1) is 0 Å². The fourth-order valence-electron chi connectivity index (χ4n) is 3.04. The molecule has 0 atom stereocenters. The van der Waals surface area contributed by atoms with Gasteiger partial charge in [0.25, 0.3) is 5.91 Å². The van der Waals surface area contributed by atoms with Gasteiger partial charge in [0.05, 0.1) is 18.5 Å². The molecule has 1 N–H and O–H groups in total. The molecule has 0 bridgehead atoms. The third-order valence-corrected chi connectivity index (χ3v) is 5.29. The molecule has 0 radical (unpaired) electrons. The lowest BCUT2D eigenvalue weighted by atomic mass is 10.2. The van der Waals surface area contributed by atoms with E-state index in [1.54, 1.807) is 31.4 Å². The highest BCUT2D eigenvalue weighted by Crippen LogP contribution is 2.28. The lowest BCUT2D eigenvalue weighted by molar-refractivity contribution is -0.121. The van der Waals surface area contributed by atoms with Gasteiger partial charge in [-0.05, 0) is 36.4 Å². The highest BCUT2D eigenvalue weighted by Gasteiger charge is 2.30. The first-order valence-electron chi connectivity index (χ1n) is 8.92. The van der Waals surface area contributed by atoms with Crippen LogP contribution >= 0.6 is 11.3 Å². The van der Waals surface area contributed by atoms with Crippen molar-refractivity contribution in [1.82, 2.24) is 4.98 Å². The van der Waals surface area contributed by atoms with Crippen molar-refractivity contribution in [2.45, 2.75) is 12.8 Å². The summed E-state index contributed by atoms with van der Waals surface area (Å²) in [5, 5.41) is 5.11. The second kappa shape index (κ2) is 7.84. The Morgan fingerprint density at radius 3 is 2.52 bits per heavy atom. The quantitative estimate of drug-likeness (QED) is 0.651. The zero-order chi connectivity index (χ0) is 20.4. The molecule has 3 amide bonds. The van der Waals surface area contributed by atoms with Gasteiger partial charge in [0.15, 0.2) is 5.13 Å². The number of thiazole rings is 1. The van der Waals surface area contributed by atoms with Crippen LogP contribution in [0.1, 0.15) is 23.2 Å². The molecule has 0 aliphatic carbocycles. The Balaban J connectivity index is 1.46. The number of hydrogen-bond donors (Lipinski definition) is 1. The van der Waals surface area contributed by atoms with Crippen molar-refractivity contribution in [1.29, 1.82) is 0 Å². The summed E-state index contributed by atoms with van der Waals surface area (Å²) in [5.74, 6) is -0.0292. The molecule has 146 valence electrons. The van der Waals surface area contributed by atoms with Gasteiger partial charge in [-0.2, -0.15) is 0 Å². The zero-order valence-electron chi connectivity index (χ0n) is 15.5. The van der Waals surface area contributed by atoms with E-state index in [1.165, 1.54) is 11.3 Å². The molecule has 7 nitrogen and oxygen atoms in total. The van der Waals surface area contributed by atoms with E-state index < -0.39 is 0 Å². The second-order valence-corrected chi connectivity index (χ2v) is 7.25. The predicted molar refractivity (Wildman–Crippen MR) is 110 cm³/mol. The maximum atomic E-state index is 12.5. The molecule has 0 saturated carbocycles. The smallest absolute Gasteiger partial charge is 0.257 e. The van der Waals surface area contributed by atoms with E-state index in [9.17, 15) is 14.4 Å². The summed E-state index contributed by atoms with van der Waals surface area (Å²) < 4.78 is 5.23. The number of carbonyl (C=O) groups excluding carboxylic acids is 3. The summed E-state index contributed by atoms with van der Waals surface area (Å²) in [6, 6.07) is 13.9. The van der Waals surface area contributed by atoms with Gasteiger partial charge in [-0.1, -0.05) is 12.1 Å². The Labute approximate surface area is 170 Å². The fraction of sp³-hybridized carbons (Fsp3) is 0.143. The standard InChI is InChI=1S/C21H17N3O4S/c1-28-16-4-2-3-14(11-16)17-12-29-21(22-17)23-20(27)13-5-7-15(8-6-13)24-18(25)9-10-19(24)26/h2-8,11-12H,9-10H2,1H3,(H,22,23,27). The molecule has 3 aromatic rings. The van der Waals surface area contributed by atoms with Crippen LogP contribution in [0.2, 0.25) is 0 Å². The number of hydrogen-bond acceptors (Lipinski definition) is 6. The van der Waals surface area contributed by atoms with Gasteiger partial charge in [0, 0.05) is 29.3 Å². The van der Waals surface area contributed by atoms with Gasteiger partial charge in [0.2, 0.25) is 11.8 Å². The number of methoxy groups -OCH3 is 1. The van der Waals surface area contributed by atoms with Crippen molar-refractivity contribution >= 4 is 39.9 Å². The molecule has 4 rings (SSSR count). The summed E-state index contributed by atoms with van der Waals surface area (Å²) in [7, 11) is 1.60. The first-order valence-corrected chi connectivity index (χ1v) is 9.80. The molecular weight excluding hydrogens is 390 g/mol. The lowest BCUT2D eigenvalue weighted by Gasteiger charge is -2.13. The zero-order valence-corrected chi connectivity index (χ0v) is 16.4. The molecule has 8 heteroatoms. The van der Waals surface area contributed by atoms with Crippen LogP contribution in [0.5, 0.6) is 5.75 Å². The molecule has 1 aliphatic rings. The topological polar surface area (TPSA) is 88.6 Å². The number of carbonyl (C=O) groups is 3. The largest absolute Gasteiger partial charge is 0.497 e. The number of imide groups is 1. The summed E-state index contributed by atoms with van der Waals surface area (Å²) in [4.78, 5) is 41.8. The lowest BCUT2D eigenvalue weighted by Crippen LogP contribution is -2.28. The monoisotopic (exact) mass is 407 g/mol. The van der Waals surface area contributed by atoms with Crippen molar-refractivity contribution in [2.75, 3.05) is 17.3 Å². The van der Waals surface area contributed by atoms with E-state index in [0.717, 1.165) is 21.9 Å². The minimum absolute atomic E-state index is 0.222. The Hall–Kier alpha value is -3.52. The molecule has 2 aromatic carbocycles. The number of amides is 3. The summed E-state index contributed by atoms with van der Waals surface area (Å²) in [6.45, 7) is 0. The Morgan fingerprint density at radius 2 is 1.83 bits per heavy atom. The van der Waals surface area contributed by atoms with Crippen molar-refractivity contribution in [3.05, 3.63) is 59.5 Å². The molecule has 1 aromatic heterocycles. The first kappa shape index (κ1) is 18.8. The highest BCUT2D eigenvalue weighted by atomic mass is 32.1.